The number of hydrogen-bond donors (Lipinski definition) is 1. The van der Waals surface area contributed by atoms with E-state index in [2.05, 4.69) is 15.6 Å². The van der Waals surface area contributed by atoms with Crippen LogP contribution in [-0.4, -0.2) is 46.4 Å². The molecule has 1 atom stereocenters. The lowest BCUT2D eigenvalue weighted by Gasteiger charge is -2.19. The highest BCUT2D eigenvalue weighted by Gasteiger charge is 2.15. The highest BCUT2D eigenvalue weighted by molar-refractivity contribution is 6.32. The van der Waals surface area contributed by atoms with Gasteiger partial charge in [-0.1, -0.05) is 23.7 Å². The highest BCUT2D eigenvalue weighted by atomic mass is 35.5. The molecule has 0 saturated heterocycles. The Morgan fingerprint density at radius 1 is 1.52 bits per heavy atom. The fourth-order valence-corrected chi connectivity index (χ4v) is 2.55. The topological polar surface area (TPSA) is 63.1 Å². The van der Waals surface area contributed by atoms with Gasteiger partial charge in [0.25, 0.3) is 0 Å². The van der Waals surface area contributed by atoms with Crippen molar-refractivity contribution in [2.75, 3.05) is 20.6 Å². The molecule has 1 aromatic heterocycles. The molecule has 23 heavy (non-hydrogen) atoms. The van der Waals surface area contributed by atoms with Crippen LogP contribution in [0, 0.1) is 11.7 Å². The number of hydrogen-bond acceptors (Lipinski definition) is 4. The first-order chi connectivity index (χ1) is 10.9. The molecule has 1 amide bonds. The zero-order valence-electron chi connectivity index (χ0n) is 13.3. The molecule has 0 bridgehead atoms. The van der Waals surface area contributed by atoms with Crippen LogP contribution in [0.5, 0.6) is 0 Å². The van der Waals surface area contributed by atoms with Crippen LogP contribution in [-0.2, 0) is 11.3 Å². The van der Waals surface area contributed by atoms with Crippen LogP contribution in [0.1, 0.15) is 12.6 Å². The van der Waals surface area contributed by atoms with Gasteiger partial charge < -0.3 is 5.32 Å². The molecule has 0 aliphatic carbocycles. The van der Waals surface area contributed by atoms with Crippen LogP contribution >= 0.6 is 11.6 Å². The summed E-state index contributed by atoms with van der Waals surface area (Å²) in [5.74, 6) is -0.521. The van der Waals surface area contributed by atoms with E-state index >= 15 is 0 Å². The van der Waals surface area contributed by atoms with Gasteiger partial charge in [0.2, 0.25) is 5.91 Å². The molecule has 6 nitrogen and oxygen atoms in total. The largest absolute Gasteiger partial charge is 0.359 e. The van der Waals surface area contributed by atoms with Crippen LogP contribution < -0.4 is 5.32 Å². The predicted molar refractivity (Wildman–Crippen MR) is 85.9 cm³/mol. The van der Waals surface area contributed by atoms with Gasteiger partial charge in [-0.05, 0) is 25.2 Å². The lowest BCUT2D eigenvalue weighted by molar-refractivity contribution is -0.124. The molecule has 0 spiro atoms. The summed E-state index contributed by atoms with van der Waals surface area (Å²) < 4.78 is 14.6. The Morgan fingerprint density at radius 2 is 2.26 bits per heavy atom. The molecule has 124 valence electrons. The maximum Gasteiger partial charge on any atom is 0.223 e. The first-order valence-corrected chi connectivity index (χ1v) is 7.55. The SMILES string of the molecule is CNC(=O)[C@@H](C)CN(C)Cc1cn(-c2ccc(F)cc2Cl)nn1. The predicted octanol–water partition coefficient (Wildman–Crippen LogP) is 1.87. The first-order valence-electron chi connectivity index (χ1n) is 7.17. The monoisotopic (exact) mass is 339 g/mol. The minimum atomic E-state index is -0.401. The third kappa shape index (κ3) is 4.49. The summed E-state index contributed by atoms with van der Waals surface area (Å²) >= 11 is 6.02. The maximum absolute atomic E-state index is 13.1. The average Bonchev–Trinajstić information content (AvgIpc) is 2.94. The van der Waals surface area contributed by atoms with Crippen molar-refractivity contribution < 1.29 is 9.18 Å². The average molecular weight is 340 g/mol. The summed E-state index contributed by atoms with van der Waals surface area (Å²) in [5.41, 5.74) is 1.30. The van der Waals surface area contributed by atoms with E-state index in [1.54, 1.807) is 19.3 Å². The fourth-order valence-electron chi connectivity index (χ4n) is 2.29. The van der Waals surface area contributed by atoms with Crippen molar-refractivity contribution in [2.24, 2.45) is 5.92 Å². The molecule has 0 aliphatic rings. The smallest absolute Gasteiger partial charge is 0.223 e. The minimum Gasteiger partial charge on any atom is -0.359 e. The number of benzene rings is 1. The van der Waals surface area contributed by atoms with E-state index in [1.807, 2.05) is 18.9 Å². The molecule has 0 radical (unpaired) electrons. The summed E-state index contributed by atoms with van der Waals surface area (Å²) in [4.78, 5) is 13.5. The van der Waals surface area contributed by atoms with Crippen molar-refractivity contribution >= 4 is 17.5 Å². The van der Waals surface area contributed by atoms with Gasteiger partial charge in [-0.15, -0.1) is 5.10 Å². The zero-order valence-corrected chi connectivity index (χ0v) is 14.0. The molecule has 1 heterocycles. The second-order valence-electron chi connectivity index (χ2n) is 5.46. The Morgan fingerprint density at radius 3 is 2.91 bits per heavy atom. The van der Waals surface area contributed by atoms with E-state index in [0.717, 1.165) is 5.69 Å². The second kappa shape index (κ2) is 7.52. The Bertz CT molecular complexity index is 690. The van der Waals surface area contributed by atoms with Crippen molar-refractivity contribution in [1.29, 1.82) is 0 Å². The highest BCUT2D eigenvalue weighted by Crippen LogP contribution is 2.20. The molecule has 8 heteroatoms. The number of amides is 1. The van der Waals surface area contributed by atoms with Crippen molar-refractivity contribution in [3.05, 3.63) is 40.9 Å². The van der Waals surface area contributed by atoms with E-state index in [0.29, 0.717) is 18.8 Å². The molecule has 1 aromatic carbocycles. The van der Waals surface area contributed by atoms with Crippen LogP contribution in [0.25, 0.3) is 5.69 Å². The van der Waals surface area contributed by atoms with E-state index in [9.17, 15) is 9.18 Å². The lowest BCUT2D eigenvalue weighted by Crippen LogP contribution is -2.34. The van der Waals surface area contributed by atoms with Crippen LogP contribution in [0.2, 0.25) is 5.02 Å². The number of aromatic nitrogens is 3. The molecular formula is C15H19ClFN5O. The van der Waals surface area contributed by atoms with Gasteiger partial charge in [0.05, 0.1) is 22.6 Å². The van der Waals surface area contributed by atoms with Crippen LogP contribution in [0.15, 0.2) is 24.4 Å². The van der Waals surface area contributed by atoms with Crippen molar-refractivity contribution in [2.45, 2.75) is 13.5 Å². The standard InChI is InChI=1S/C15H19ClFN5O/c1-10(15(23)18-2)7-21(3)8-12-9-22(20-19-12)14-5-4-11(17)6-13(14)16/h4-6,9-10H,7-8H2,1-3H3,(H,18,23)/t10-/m0/s1. The van der Waals surface area contributed by atoms with E-state index in [1.165, 1.54) is 16.8 Å². The van der Waals surface area contributed by atoms with Crippen molar-refractivity contribution in [1.82, 2.24) is 25.2 Å². The number of nitrogens with zero attached hydrogens (tertiary/aromatic N) is 4. The first kappa shape index (κ1) is 17.4. The van der Waals surface area contributed by atoms with Crippen molar-refractivity contribution in [3.63, 3.8) is 0 Å². The molecule has 1 N–H and O–H groups in total. The molecule has 2 rings (SSSR count). The van der Waals surface area contributed by atoms with Gasteiger partial charge in [0.1, 0.15) is 5.82 Å². The summed E-state index contributed by atoms with van der Waals surface area (Å²) in [5, 5.41) is 11.0. The Hall–Kier alpha value is -1.99. The number of rotatable bonds is 6. The lowest BCUT2D eigenvalue weighted by atomic mass is 10.1. The molecule has 0 aliphatic heterocycles. The van der Waals surface area contributed by atoms with E-state index < -0.39 is 5.82 Å². The van der Waals surface area contributed by atoms with Crippen LogP contribution in [0.4, 0.5) is 4.39 Å². The number of nitrogens with one attached hydrogen (secondary N) is 1. The third-order valence-electron chi connectivity index (χ3n) is 3.41. The van der Waals surface area contributed by atoms with Gasteiger partial charge in [-0.3, -0.25) is 9.69 Å². The fraction of sp³-hybridized carbons (Fsp3) is 0.400. The summed E-state index contributed by atoms with van der Waals surface area (Å²) in [6.07, 6.45) is 1.74. The summed E-state index contributed by atoms with van der Waals surface area (Å²) in [7, 11) is 3.53. The van der Waals surface area contributed by atoms with Crippen molar-refractivity contribution in [3.8, 4) is 5.69 Å². The zero-order chi connectivity index (χ0) is 17.0. The van der Waals surface area contributed by atoms with Crippen LogP contribution in [0.3, 0.4) is 0 Å². The van der Waals surface area contributed by atoms with Gasteiger partial charge in [0, 0.05) is 26.1 Å². The Labute approximate surface area is 139 Å². The quantitative estimate of drug-likeness (QED) is 0.872. The molecule has 0 fully saturated rings. The van der Waals surface area contributed by atoms with Gasteiger partial charge in [-0.2, -0.15) is 0 Å². The maximum atomic E-state index is 13.1. The van der Waals surface area contributed by atoms with E-state index in [4.69, 9.17) is 11.6 Å². The normalized spacial score (nSPS) is 12.4. The Balaban J connectivity index is 2.03. The molecule has 0 saturated carbocycles. The van der Waals surface area contributed by atoms with Gasteiger partial charge in [-0.25, -0.2) is 9.07 Å². The molecular weight excluding hydrogens is 321 g/mol. The van der Waals surface area contributed by atoms with E-state index in [-0.39, 0.29) is 16.8 Å². The number of carbonyl (C=O) groups is 1. The summed E-state index contributed by atoms with van der Waals surface area (Å²) in [6, 6.07) is 4.10. The third-order valence-corrected chi connectivity index (χ3v) is 3.71. The molecule has 2 aromatic rings. The van der Waals surface area contributed by atoms with Gasteiger partial charge in [0.15, 0.2) is 0 Å². The Kier molecular flexibility index (Phi) is 5.68. The van der Waals surface area contributed by atoms with Gasteiger partial charge >= 0.3 is 0 Å². The minimum absolute atomic E-state index is 0.00130. The summed E-state index contributed by atoms with van der Waals surface area (Å²) in [6.45, 7) is 3.01. The second-order valence-corrected chi connectivity index (χ2v) is 5.87. The number of carbonyl (C=O) groups excluding carboxylic acids is 1. The molecule has 0 unspecified atom stereocenters. The number of halogens is 2.